The van der Waals surface area contributed by atoms with E-state index in [2.05, 4.69) is 0 Å². The lowest BCUT2D eigenvalue weighted by atomic mass is 10.1. The average Bonchev–Trinajstić information content (AvgIpc) is 2.41. The lowest BCUT2D eigenvalue weighted by Gasteiger charge is -2.19. The van der Waals surface area contributed by atoms with Crippen molar-refractivity contribution in [2.24, 2.45) is 0 Å². The maximum absolute atomic E-state index is 9.83. The fourth-order valence-electron chi connectivity index (χ4n) is 2.08. The van der Waals surface area contributed by atoms with E-state index in [0.29, 0.717) is 0 Å². The molecule has 0 bridgehead atoms. The second-order valence-electron chi connectivity index (χ2n) is 4.89. The van der Waals surface area contributed by atoms with Gasteiger partial charge in [-0.05, 0) is 38.5 Å². The molecule has 0 heterocycles. The van der Waals surface area contributed by atoms with Crippen LogP contribution in [0.5, 0.6) is 5.75 Å². The molecule has 2 aromatic carbocycles. The lowest BCUT2D eigenvalue weighted by molar-refractivity contribution is 0.179. The maximum atomic E-state index is 9.83. The number of hydrogen-bond donors (Lipinski definition) is 1. The van der Waals surface area contributed by atoms with Gasteiger partial charge in [0.15, 0.2) is 0 Å². The fourth-order valence-corrected chi connectivity index (χ4v) is 2.08. The van der Waals surface area contributed by atoms with Gasteiger partial charge in [-0.2, -0.15) is 0 Å². The highest BCUT2D eigenvalue weighted by Crippen LogP contribution is 2.30. The third-order valence-corrected chi connectivity index (χ3v) is 3.19. The highest BCUT2D eigenvalue weighted by Gasteiger charge is 2.13. The zero-order chi connectivity index (χ0) is 13.8. The highest BCUT2D eigenvalue weighted by atomic mass is 16.5. The van der Waals surface area contributed by atoms with Gasteiger partial charge >= 0.3 is 0 Å². The van der Waals surface area contributed by atoms with Gasteiger partial charge in [-0.1, -0.05) is 42.0 Å². The van der Waals surface area contributed by atoms with Crippen LogP contribution in [0.2, 0.25) is 0 Å². The van der Waals surface area contributed by atoms with Crippen molar-refractivity contribution < 1.29 is 9.84 Å². The summed E-state index contributed by atoms with van der Waals surface area (Å²) in [5.74, 6) is 0.747. The van der Waals surface area contributed by atoms with Crippen LogP contribution in [0.4, 0.5) is 0 Å². The minimum absolute atomic E-state index is 0.0404. The van der Waals surface area contributed by atoms with Gasteiger partial charge in [0.25, 0.3) is 0 Å². The Morgan fingerprint density at radius 3 is 2.32 bits per heavy atom. The van der Waals surface area contributed by atoms with Crippen LogP contribution < -0.4 is 4.74 Å². The summed E-state index contributed by atoms with van der Waals surface area (Å²) in [7, 11) is 0. The Hall–Kier alpha value is -1.80. The second-order valence-corrected chi connectivity index (χ2v) is 4.89. The molecule has 0 saturated carbocycles. The van der Waals surface area contributed by atoms with Gasteiger partial charge in [0.1, 0.15) is 11.9 Å². The summed E-state index contributed by atoms with van der Waals surface area (Å²) in [5.41, 5.74) is 3.08. The van der Waals surface area contributed by atoms with Gasteiger partial charge in [0, 0.05) is 5.56 Å². The number of benzene rings is 2. The molecule has 0 aliphatic carbocycles. The van der Waals surface area contributed by atoms with Gasteiger partial charge in [0.2, 0.25) is 0 Å². The Morgan fingerprint density at radius 2 is 1.68 bits per heavy atom. The molecule has 2 nitrogen and oxygen atoms in total. The standard InChI is InChI=1S/C17H20O2/c1-12-9-10-17(16(11-12)13(2)18)19-14(3)15-7-5-4-6-8-15/h4-11,13-14,18H,1-3H3. The number of aliphatic hydroxyl groups is 1. The summed E-state index contributed by atoms with van der Waals surface area (Å²) < 4.78 is 5.99. The molecule has 0 aliphatic rings. The zero-order valence-electron chi connectivity index (χ0n) is 11.6. The van der Waals surface area contributed by atoms with Crippen LogP contribution in [0, 0.1) is 6.92 Å². The van der Waals surface area contributed by atoms with Gasteiger partial charge in [-0.25, -0.2) is 0 Å². The molecule has 0 spiro atoms. The Kier molecular flexibility index (Phi) is 4.23. The molecule has 2 rings (SSSR count). The van der Waals surface area contributed by atoms with Crippen molar-refractivity contribution >= 4 is 0 Å². The van der Waals surface area contributed by atoms with Crippen LogP contribution in [-0.2, 0) is 0 Å². The third-order valence-electron chi connectivity index (χ3n) is 3.19. The van der Waals surface area contributed by atoms with E-state index in [1.54, 1.807) is 6.92 Å². The second kappa shape index (κ2) is 5.89. The molecular formula is C17H20O2. The van der Waals surface area contributed by atoms with Crippen LogP contribution in [0.15, 0.2) is 48.5 Å². The first-order chi connectivity index (χ1) is 9.08. The molecular weight excluding hydrogens is 236 g/mol. The van der Waals surface area contributed by atoms with Crippen molar-refractivity contribution in [1.82, 2.24) is 0 Å². The van der Waals surface area contributed by atoms with Crippen molar-refractivity contribution in [3.05, 3.63) is 65.2 Å². The monoisotopic (exact) mass is 256 g/mol. The van der Waals surface area contributed by atoms with E-state index in [1.165, 1.54) is 0 Å². The molecule has 1 N–H and O–H groups in total. The molecule has 0 amide bonds. The van der Waals surface area contributed by atoms with E-state index in [0.717, 1.165) is 22.4 Å². The van der Waals surface area contributed by atoms with Gasteiger partial charge in [0.05, 0.1) is 6.10 Å². The molecule has 19 heavy (non-hydrogen) atoms. The van der Waals surface area contributed by atoms with Gasteiger partial charge < -0.3 is 9.84 Å². The summed E-state index contributed by atoms with van der Waals surface area (Å²) in [5, 5.41) is 9.83. The first-order valence-corrected chi connectivity index (χ1v) is 6.58. The van der Waals surface area contributed by atoms with Crippen molar-refractivity contribution in [2.75, 3.05) is 0 Å². The Bertz CT molecular complexity index is 532. The minimum Gasteiger partial charge on any atom is -0.486 e. The largest absolute Gasteiger partial charge is 0.486 e. The van der Waals surface area contributed by atoms with Crippen molar-refractivity contribution in [3.8, 4) is 5.75 Å². The van der Waals surface area contributed by atoms with Crippen LogP contribution in [0.3, 0.4) is 0 Å². The van der Waals surface area contributed by atoms with Crippen LogP contribution in [0.25, 0.3) is 0 Å². The average molecular weight is 256 g/mol. The molecule has 0 radical (unpaired) electrons. The highest BCUT2D eigenvalue weighted by molar-refractivity contribution is 5.38. The Morgan fingerprint density at radius 1 is 1.00 bits per heavy atom. The van der Waals surface area contributed by atoms with Gasteiger partial charge in [-0.3, -0.25) is 0 Å². The predicted octanol–water partition coefficient (Wildman–Crippen LogP) is 4.19. The quantitative estimate of drug-likeness (QED) is 0.888. The van der Waals surface area contributed by atoms with Crippen molar-refractivity contribution in [3.63, 3.8) is 0 Å². The summed E-state index contributed by atoms with van der Waals surface area (Å²) in [4.78, 5) is 0. The van der Waals surface area contributed by atoms with Crippen LogP contribution in [-0.4, -0.2) is 5.11 Å². The van der Waals surface area contributed by atoms with E-state index in [9.17, 15) is 5.11 Å². The van der Waals surface area contributed by atoms with E-state index in [4.69, 9.17) is 4.74 Å². The molecule has 2 heteroatoms. The van der Waals surface area contributed by atoms with E-state index in [1.807, 2.05) is 62.4 Å². The molecule has 0 saturated heterocycles. The minimum atomic E-state index is -0.530. The molecule has 100 valence electrons. The maximum Gasteiger partial charge on any atom is 0.126 e. The fraction of sp³-hybridized carbons (Fsp3) is 0.294. The van der Waals surface area contributed by atoms with Crippen LogP contribution in [0.1, 0.15) is 42.7 Å². The Labute approximate surface area is 114 Å². The molecule has 0 aromatic heterocycles. The summed E-state index contributed by atoms with van der Waals surface area (Å²) >= 11 is 0. The molecule has 2 atom stereocenters. The molecule has 0 fully saturated rings. The van der Waals surface area contributed by atoms with Gasteiger partial charge in [-0.15, -0.1) is 0 Å². The summed E-state index contributed by atoms with van der Waals surface area (Å²) in [6.45, 7) is 5.78. The zero-order valence-corrected chi connectivity index (χ0v) is 11.6. The van der Waals surface area contributed by atoms with Crippen molar-refractivity contribution in [1.29, 1.82) is 0 Å². The first kappa shape index (κ1) is 13.6. The number of rotatable bonds is 4. The molecule has 2 unspecified atom stereocenters. The topological polar surface area (TPSA) is 29.5 Å². The van der Waals surface area contributed by atoms with Crippen LogP contribution >= 0.6 is 0 Å². The first-order valence-electron chi connectivity index (χ1n) is 6.58. The third kappa shape index (κ3) is 3.36. The summed E-state index contributed by atoms with van der Waals surface area (Å²) in [6, 6.07) is 16.0. The number of hydrogen-bond acceptors (Lipinski definition) is 2. The van der Waals surface area contributed by atoms with E-state index >= 15 is 0 Å². The molecule has 0 aliphatic heterocycles. The lowest BCUT2D eigenvalue weighted by Crippen LogP contribution is -2.06. The predicted molar refractivity (Wildman–Crippen MR) is 77.3 cm³/mol. The Balaban J connectivity index is 2.24. The van der Waals surface area contributed by atoms with Crippen molar-refractivity contribution in [2.45, 2.75) is 33.0 Å². The number of ether oxygens (including phenoxy) is 1. The summed E-state index contributed by atoms with van der Waals surface area (Å²) in [6.07, 6.45) is -0.570. The van der Waals surface area contributed by atoms with E-state index in [-0.39, 0.29) is 6.10 Å². The number of aliphatic hydroxyl groups excluding tert-OH is 1. The SMILES string of the molecule is Cc1ccc(OC(C)c2ccccc2)c(C(C)O)c1. The normalized spacial score (nSPS) is 13.9. The smallest absolute Gasteiger partial charge is 0.126 e. The number of aryl methyl sites for hydroxylation is 1. The van der Waals surface area contributed by atoms with E-state index < -0.39 is 6.10 Å². The molecule has 2 aromatic rings.